The summed E-state index contributed by atoms with van der Waals surface area (Å²) in [6.45, 7) is 5.86. The summed E-state index contributed by atoms with van der Waals surface area (Å²) in [6.07, 6.45) is 1.87. The number of nitrogens with one attached hydrogen (secondary N) is 1. The van der Waals surface area contributed by atoms with Gasteiger partial charge in [-0.05, 0) is 32.0 Å². The van der Waals surface area contributed by atoms with Crippen LogP contribution in [0.15, 0.2) is 18.2 Å². The Kier molecular flexibility index (Phi) is 4.61. The molecular weight excluding hydrogens is 238 g/mol. The topological polar surface area (TPSA) is 30.5 Å². The quantitative estimate of drug-likeness (QED) is 0.906. The molecule has 3 heteroatoms. The molecule has 3 nitrogen and oxygen atoms in total. The fourth-order valence-electron chi connectivity index (χ4n) is 3.18. The number of hydrogen-bond acceptors (Lipinski definition) is 3. The van der Waals surface area contributed by atoms with Gasteiger partial charge in [0.2, 0.25) is 0 Å². The molecule has 0 spiro atoms. The van der Waals surface area contributed by atoms with Gasteiger partial charge in [-0.2, -0.15) is 0 Å². The summed E-state index contributed by atoms with van der Waals surface area (Å²) in [7, 11) is 3.83. The van der Waals surface area contributed by atoms with Crippen LogP contribution in [0.2, 0.25) is 0 Å². The summed E-state index contributed by atoms with van der Waals surface area (Å²) in [5.41, 5.74) is 3.79. The Morgan fingerprint density at radius 1 is 1.26 bits per heavy atom. The molecule has 106 valence electrons. The lowest BCUT2D eigenvalue weighted by Crippen LogP contribution is -2.48. The third-order valence-electron chi connectivity index (χ3n) is 4.30. The Hall–Kier alpha value is -0.900. The summed E-state index contributed by atoms with van der Waals surface area (Å²) in [5, 5.41) is 3.46. The van der Waals surface area contributed by atoms with E-state index in [0.717, 1.165) is 26.1 Å². The van der Waals surface area contributed by atoms with Gasteiger partial charge in [-0.25, -0.2) is 0 Å². The van der Waals surface area contributed by atoms with Crippen LogP contribution in [0.5, 0.6) is 0 Å². The average Bonchev–Trinajstić information content (AvgIpc) is 2.43. The molecule has 1 aliphatic rings. The molecule has 1 unspecified atom stereocenters. The summed E-state index contributed by atoms with van der Waals surface area (Å²) < 4.78 is 11.4. The Morgan fingerprint density at radius 2 is 1.95 bits per heavy atom. The summed E-state index contributed by atoms with van der Waals surface area (Å²) in [6, 6.07) is 6.85. The predicted molar refractivity (Wildman–Crippen MR) is 77.5 cm³/mol. The van der Waals surface area contributed by atoms with E-state index in [1.807, 2.05) is 14.2 Å². The van der Waals surface area contributed by atoms with Gasteiger partial charge in [-0.1, -0.05) is 23.8 Å². The number of likely N-dealkylation sites (N-methyl/N-ethyl adjacent to an activating group) is 1. The standard InChI is InChI=1S/C16H25NO2/c1-12-5-6-14(13(2)11-12)15(17-3)16(18-4)7-9-19-10-8-16/h5-6,11,15,17H,7-10H2,1-4H3. The highest BCUT2D eigenvalue weighted by Crippen LogP contribution is 2.38. The monoisotopic (exact) mass is 263 g/mol. The maximum atomic E-state index is 5.93. The van der Waals surface area contributed by atoms with Gasteiger partial charge in [0.25, 0.3) is 0 Å². The average molecular weight is 263 g/mol. The van der Waals surface area contributed by atoms with Crippen LogP contribution in [0, 0.1) is 13.8 Å². The van der Waals surface area contributed by atoms with E-state index in [9.17, 15) is 0 Å². The van der Waals surface area contributed by atoms with Crippen LogP contribution < -0.4 is 5.32 Å². The van der Waals surface area contributed by atoms with E-state index in [2.05, 4.69) is 37.4 Å². The molecule has 1 atom stereocenters. The van der Waals surface area contributed by atoms with Gasteiger partial charge in [0.05, 0.1) is 11.6 Å². The van der Waals surface area contributed by atoms with E-state index in [1.54, 1.807) is 0 Å². The molecule has 0 aliphatic carbocycles. The number of aryl methyl sites for hydroxylation is 2. The zero-order valence-electron chi connectivity index (χ0n) is 12.5. The Balaban J connectivity index is 2.36. The first kappa shape index (κ1) is 14.5. The fourth-order valence-corrected chi connectivity index (χ4v) is 3.18. The Bertz CT molecular complexity index is 425. The summed E-state index contributed by atoms with van der Waals surface area (Å²) in [4.78, 5) is 0. The first-order valence-electron chi connectivity index (χ1n) is 7.00. The molecule has 0 saturated carbocycles. The van der Waals surface area contributed by atoms with Gasteiger partial charge in [0.15, 0.2) is 0 Å². The maximum Gasteiger partial charge on any atom is 0.0916 e. The molecule has 2 rings (SSSR count). The fraction of sp³-hybridized carbons (Fsp3) is 0.625. The molecule has 0 bridgehead atoms. The van der Waals surface area contributed by atoms with Crippen molar-refractivity contribution in [2.45, 2.75) is 38.3 Å². The van der Waals surface area contributed by atoms with Gasteiger partial charge in [-0.15, -0.1) is 0 Å². The molecule has 1 fully saturated rings. The first-order chi connectivity index (χ1) is 9.13. The van der Waals surface area contributed by atoms with Crippen molar-refractivity contribution in [2.75, 3.05) is 27.4 Å². The predicted octanol–water partition coefficient (Wildman–Crippen LogP) is 2.76. The second-order valence-electron chi connectivity index (χ2n) is 5.46. The van der Waals surface area contributed by atoms with Crippen LogP contribution >= 0.6 is 0 Å². The van der Waals surface area contributed by atoms with Crippen LogP contribution in [-0.2, 0) is 9.47 Å². The van der Waals surface area contributed by atoms with Gasteiger partial charge in [-0.3, -0.25) is 0 Å². The van der Waals surface area contributed by atoms with Crippen molar-refractivity contribution in [2.24, 2.45) is 0 Å². The maximum absolute atomic E-state index is 5.93. The van der Waals surface area contributed by atoms with E-state index in [-0.39, 0.29) is 11.6 Å². The number of methoxy groups -OCH3 is 1. The van der Waals surface area contributed by atoms with Crippen molar-refractivity contribution in [3.05, 3.63) is 34.9 Å². The second kappa shape index (κ2) is 6.04. The minimum Gasteiger partial charge on any atom is -0.381 e. The van der Waals surface area contributed by atoms with Crippen molar-refractivity contribution in [3.63, 3.8) is 0 Å². The van der Waals surface area contributed by atoms with Crippen molar-refractivity contribution >= 4 is 0 Å². The summed E-state index contributed by atoms with van der Waals surface area (Å²) in [5.74, 6) is 0. The van der Waals surface area contributed by atoms with Crippen molar-refractivity contribution in [1.29, 1.82) is 0 Å². The normalized spacial score (nSPS) is 20.2. The molecular formula is C16H25NO2. The Morgan fingerprint density at radius 3 is 2.47 bits per heavy atom. The number of benzene rings is 1. The van der Waals surface area contributed by atoms with E-state index < -0.39 is 0 Å². The molecule has 1 aliphatic heterocycles. The molecule has 1 heterocycles. The smallest absolute Gasteiger partial charge is 0.0916 e. The van der Waals surface area contributed by atoms with E-state index in [4.69, 9.17) is 9.47 Å². The van der Waals surface area contributed by atoms with Crippen LogP contribution in [0.4, 0.5) is 0 Å². The lowest BCUT2D eigenvalue weighted by molar-refractivity contribution is -0.110. The van der Waals surface area contributed by atoms with Crippen LogP contribution in [0.1, 0.15) is 35.6 Å². The molecule has 1 aromatic carbocycles. The number of ether oxygens (including phenoxy) is 2. The molecule has 0 amide bonds. The first-order valence-corrected chi connectivity index (χ1v) is 7.00. The molecule has 1 N–H and O–H groups in total. The minimum absolute atomic E-state index is 0.160. The highest BCUT2D eigenvalue weighted by atomic mass is 16.5. The molecule has 1 aromatic rings. The number of rotatable bonds is 4. The van der Waals surface area contributed by atoms with Crippen molar-refractivity contribution in [3.8, 4) is 0 Å². The van der Waals surface area contributed by atoms with Crippen molar-refractivity contribution < 1.29 is 9.47 Å². The van der Waals surface area contributed by atoms with Crippen LogP contribution in [-0.4, -0.2) is 33.0 Å². The SMILES string of the molecule is CNC(c1ccc(C)cc1C)C1(OC)CCOCC1. The van der Waals surface area contributed by atoms with E-state index >= 15 is 0 Å². The van der Waals surface area contributed by atoms with Gasteiger partial charge < -0.3 is 14.8 Å². The second-order valence-corrected chi connectivity index (χ2v) is 5.46. The van der Waals surface area contributed by atoms with E-state index in [0.29, 0.717) is 0 Å². The third kappa shape index (κ3) is 2.83. The van der Waals surface area contributed by atoms with E-state index in [1.165, 1.54) is 16.7 Å². The van der Waals surface area contributed by atoms with Gasteiger partial charge >= 0.3 is 0 Å². The summed E-state index contributed by atoms with van der Waals surface area (Å²) >= 11 is 0. The molecule has 1 saturated heterocycles. The van der Waals surface area contributed by atoms with Gasteiger partial charge in [0, 0.05) is 33.2 Å². The van der Waals surface area contributed by atoms with Crippen molar-refractivity contribution in [1.82, 2.24) is 5.32 Å². The highest BCUT2D eigenvalue weighted by Gasteiger charge is 2.41. The largest absolute Gasteiger partial charge is 0.381 e. The molecule has 19 heavy (non-hydrogen) atoms. The molecule has 0 radical (unpaired) electrons. The third-order valence-corrected chi connectivity index (χ3v) is 4.30. The van der Waals surface area contributed by atoms with Crippen LogP contribution in [0.25, 0.3) is 0 Å². The zero-order chi connectivity index (χ0) is 13.9. The number of hydrogen-bond donors (Lipinski definition) is 1. The Labute approximate surface area is 116 Å². The van der Waals surface area contributed by atoms with Gasteiger partial charge in [0.1, 0.15) is 0 Å². The lowest BCUT2D eigenvalue weighted by Gasteiger charge is -2.43. The lowest BCUT2D eigenvalue weighted by atomic mass is 9.80. The highest BCUT2D eigenvalue weighted by molar-refractivity contribution is 5.34. The molecule has 0 aromatic heterocycles. The zero-order valence-corrected chi connectivity index (χ0v) is 12.5. The minimum atomic E-state index is -0.160. The van der Waals surface area contributed by atoms with Crippen LogP contribution in [0.3, 0.4) is 0 Å².